The predicted molar refractivity (Wildman–Crippen MR) is 124 cm³/mol. The van der Waals surface area contributed by atoms with E-state index in [1.807, 2.05) is 36.1 Å². The van der Waals surface area contributed by atoms with Crippen LogP contribution in [0.2, 0.25) is 0 Å². The molecule has 0 radical (unpaired) electrons. The molecule has 3 rings (SSSR count). The molecule has 1 aliphatic rings. The van der Waals surface area contributed by atoms with Gasteiger partial charge in [0.25, 0.3) is 0 Å². The molecule has 0 N–H and O–H groups in total. The normalized spacial score (nSPS) is 15.2. The standard InChI is InChI=1S/C24H32N2O5S/c1-4-23(27)25(12-7-14-29-2)16-24(28)26-13-10-22-18(11-15-32-22)19(26)17-31-21-9-6-5-8-20(21)30-3/h5-6,8-9,11,15,19H,4,7,10,12-14,16-17H2,1-3H3. The van der Waals surface area contributed by atoms with Crippen LogP contribution in [0.1, 0.15) is 36.2 Å². The molecule has 1 aliphatic heterocycles. The number of fused-ring (bicyclic) bond motifs is 1. The molecule has 2 aromatic rings. The zero-order chi connectivity index (χ0) is 22.9. The van der Waals surface area contributed by atoms with E-state index in [2.05, 4.69) is 11.4 Å². The SMILES string of the molecule is CCC(=O)N(CCCOC)CC(=O)N1CCc2sccc2C1COc1ccccc1OC. The lowest BCUT2D eigenvalue weighted by atomic mass is 10.0. The fourth-order valence-electron chi connectivity index (χ4n) is 3.95. The minimum atomic E-state index is -0.208. The van der Waals surface area contributed by atoms with E-state index in [1.54, 1.807) is 30.5 Å². The third kappa shape index (κ3) is 5.81. The van der Waals surface area contributed by atoms with E-state index in [9.17, 15) is 9.59 Å². The van der Waals surface area contributed by atoms with Gasteiger partial charge in [-0.25, -0.2) is 0 Å². The summed E-state index contributed by atoms with van der Waals surface area (Å²) in [5.74, 6) is 1.22. The van der Waals surface area contributed by atoms with E-state index < -0.39 is 0 Å². The Kier molecular flexibility index (Phi) is 8.93. The first-order valence-corrected chi connectivity index (χ1v) is 11.8. The number of nitrogens with zero attached hydrogens (tertiary/aromatic N) is 2. The van der Waals surface area contributed by atoms with Crippen LogP contribution in [0.15, 0.2) is 35.7 Å². The van der Waals surface area contributed by atoms with Crippen molar-refractivity contribution < 1.29 is 23.8 Å². The Bertz CT molecular complexity index is 900. The van der Waals surface area contributed by atoms with Gasteiger partial charge < -0.3 is 24.0 Å². The zero-order valence-corrected chi connectivity index (χ0v) is 19.9. The van der Waals surface area contributed by atoms with Crippen molar-refractivity contribution in [2.24, 2.45) is 0 Å². The van der Waals surface area contributed by atoms with Crippen LogP contribution in [0.3, 0.4) is 0 Å². The molecule has 1 aromatic carbocycles. The van der Waals surface area contributed by atoms with E-state index in [-0.39, 0.29) is 24.4 Å². The Labute approximate surface area is 193 Å². The summed E-state index contributed by atoms with van der Waals surface area (Å²) >= 11 is 1.71. The van der Waals surface area contributed by atoms with E-state index in [0.717, 1.165) is 12.0 Å². The van der Waals surface area contributed by atoms with Gasteiger partial charge in [-0.2, -0.15) is 0 Å². The molecule has 2 heterocycles. The summed E-state index contributed by atoms with van der Waals surface area (Å²) in [6.07, 6.45) is 1.88. The van der Waals surface area contributed by atoms with Crippen LogP contribution in [-0.4, -0.2) is 68.7 Å². The molecule has 174 valence electrons. The van der Waals surface area contributed by atoms with Gasteiger partial charge in [0.1, 0.15) is 6.61 Å². The number of para-hydroxylation sites is 2. The quantitative estimate of drug-likeness (QED) is 0.480. The summed E-state index contributed by atoms with van der Waals surface area (Å²) in [5, 5.41) is 2.06. The average Bonchev–Trinajstić information content (AvgIpc) is 3.30. The van der Waals surface area contributed by atoms with Crippen molar-refractivity contribution in [3.8, 4) is 11.5 Å². The maximum absolute atomic E-state index is 13.4. The number of methoxy groups -OCH3 is 2. The Morgan fingerprint density at radius 2 is 1.97 bits per heavy atom. The summed E-state index contributed by atoms with van der Waals surface area (Å²) in [7, 11) is 3.24. The summed E-state index contributed by atoms with van der Waals surface area (Å²) in [6, 6.07) is 9.36. The molecule has 2 amide bonds. The molecule has 32 heavy (non-hydrogen) atoms. The second-order valence-electron chi connectivity index (χ2n) is 7.63. The largest absolute Gasteiger partial charge is 0.493 e. The van der Waals surface area contributed by atoms with Crippen LogP contribution < -0.4 is 9.47 Å². The monoisotopic (exact) mass is 460 g/mol. The highest BCUT2D eigenvalue weighted by Crippen LogP contribution is 2.35. The fourth-order valence-corrected chi connectivity index (χ4v) is 4.88. The highest BCUT2D eigenvalue weighted by molar-refractivity contribution is 7.10. The Hall–Kier alpha value is -2.58. The molecular formula is C24H32N2O5S. The number of thiophene rings is 1. The average molecular weight is 461 g/mol. The molecule has 1 atom stereocenters. The number of hydrogen-bond acceptors (Lipinski definition) is 6. The summed E-state index contributed by atoms with van der Waals surface area (Å²) < 4.78 is 16.6. The van der Waals surface area contributed by atoms with Gasteiger partial charge in [0.15, 0.2) is 11.5 Å². The van der Waals surface area contributed by atoms with Gasteiger partial charge in [-0.3, -0.25) is 9.59 Å². The number of amides is 2. The van der Waals surface area contributed by atoms with Crippen molar-refractivity contribution in [1.29, 1.82) is 0 Å². The lowest BCUT2D eigenvalue weighted by Crippen LogP contribution is -2.48. The van der Waals surface area contributed by atoms with Crippen LogP contribution in [0.25, 0.3) is 0 Å². The van der Waals surface area contributed by atoms with Crippen LogP contribution in [0.5, 0.6) is 11.5 Å². The minimum Gasteiger partial charge on any atom is -0.493 e. The Morgan fingerprint density at radius 1 is 1.19 bits per heavy atom. The van der Waals surface area contributed by atoms with Crippen LogP contribution in [0.4, 0.5) is 0 Å². The smallest absolute Gasteiger partial charge is 0.242 e. The van der Waals surface area contributed by atoms with Crippen molar-refractivity contribution in [3.05, 3.63) is 46.2 Å². The van der Waals surface area contributed by atoms with Crippen LogP contribution in [-0.2, 0) is 20.7 Å². The van der Waals surface area contributed by atoms with E-state index in [1.165, 1.54) is 4.88 Å². The number of carbonyl (C=O) groups excluding carboxylic acids is 2. The van der Waals surface area contributed by atoms with Gasteiger partial charge in [0, 0.05) is 38.1 Å². The lowest BCUT2D eigenvalue weighted by molar-refractivity contribution is -0.142. The molecule has 0 aliphatic carbocycles. The second-order valence-corrected chi connectivity index (χ2v) is 8.63. The highest BCUT2D eigenvalue weighted by atomic mass is 32.1. The minimum absolute atomic E-state index is 0.0236. The maximum atomic E-state index is 13.4. The van der Waals surface area contributed by atoms with Crippen molar-refractivity contribution in [3.63, 3.8) is 0 Å². The molecule has 0 fully saturated rings. The first kappa shape index (κ1) is 24.1. The molecular weight excluding hydrogens is 428 g/mol. The number of hydrogen-bond donors (Lipinski definition) is 0. The first-order chi connectivity index (χ1) is 15.6. The zero-order valence-electron chi connectivity index (χ0n) is 19.0. The summed E-state index contributed by atoms with van der Waals surface area (Å²) in [4.78, 5) is 30.6. The third-order valence-electron chi connectivity index (χ3n) is 5.64. The van der Waals surface area contributed by atoms with Crippen molar-refractivity contribution >= 4 is 23.2 Å². The number of benzene rings is 1. The van der Waals surface area contributed by atoms with Crippen molar-refractivity contribution in [2.45, 2.75) is 32.2 Å². The summed E-state index contributed by atoms with van der Waals surface area (Å²) in [6.45, 7) is 3.88. The van der Waals surface area contributed by atoms with Crippen molar-refractivity contribution in [1.82, 2.24) is 9.80 Å². The van der Waals surface area contributed by atoms with Gasteiger partial charge in [0.2, 0.25) is 11.8 Å². The highest BCUT2D eigenvalue weighted by Gasteiger charge is 2.33. The van der Waals surface area contributed by atoms with E-state index in [0.29, 0.717) is 50.6 Å². The molecule has 0 saturated carbocycles. The lowest BCUT2D eigenvalue weighted by Gasteiger charge is -2.37. The Balaban J connectivity index is 1.75. The van der Waals surface area contributed by atoms with Gasteiger partial charge >= 0.3 is 0 Å². The first-order valence-electron chi connectivity index (χ1n) is 11.0. The molecule has 8 heteroatoms. The molecule has 0 saturated heterocycles. The van der Waals surface area contributed by atoms with Crippen LogP contribution in [0, 0.1) is 0 Å². The third-order valence-corrected chi connectivity index (χ3v) is 6.64. The van der Waals surface area contributed by atoms with Crippen LogP contribution >= 0.6 is 11.3 Å². The van der Waals surface area contributed by atoms with Gasteiger partial charge in [-0.1, -0.05) is 19.1 Å². The topological polar surface area (TPSA) is 68.3 Å². The Morgan fingerprint density at radius 3 is 2.69 bits per heavy atom. The van der Waals surface area contributed by atoms with Gasteiger partial charge in [0.05, 0.1) is 19.7 Å². The fraction of sp³-hybridized carbons (Fsp3) is 0.500. The summed E-state index contributed by atoms with van der Waals surface area (Å²) in [5.41, 5.74) is 1.12. The second kappa shape index (κ2) is 11.9. The number of carbonyl (C=O) groups is 2. The molecule has 0 bridgehead atoms. The van der Waals surface area contributed by atoms with Gasteiger partial charge in [-0.15, -0.1) is 11.3 Å². The number of rotatable bonds is 11. The maximum Gasteiger partial charge on any atom is 0.242 e. The van der Waals surface area contributed by atoms with Gasteiger partial charge in [-0.05, 0) is 42.0 Å². The molecule has 1 aromatic heterocycles. The molecule has 0 spiro atoms. The van der Waals surface area contributed by atoms with Crippen molar-refractivity contribution in [2.75, 3.05) is 47.1 Å². The van der Waals surface area contributed by atoms with E-state index in [4.69, 9.17) is 14.2 Å². The predicted octanol–water partition coefficient (Wildman–Crippen LogP) is 3.54. The molecule has 7 nitrogen and oxygen atoms in total. The number of ether oxygens (including phenoxy) is 3. The van der Waals surface area contributed by atoms with E-state index >= 15 is 0 Å². The molecule has 1 unspecified atom stereocenters.